The van der Waals surface area contributed by atoms with E-state index >= 15 is 0 Å². The maximum atomic E-state index is 11.3. The second-order valence-electron chi connectivity index (χ2n) is 4.50. The molecule has 2 aliphatic rings. The molecule has 2 fully saturated rings. The van der Waals surface area contributed by atoms with E-state index in [9.17, 15) is 8.42 Å². The fourth-order valence-electron chi connectivity index (χ4n) is 2.28. The van der Waals surface area contributed by atoms with Crippen LogP contribution in [-0.2, 0) is 14.8 Å². The van der Waals surface area contributed by atoms with Crippen LogP contribution in [0.1, 0.15) is 19.3 Å². The molecule has 0 radical (unpaired) electrons. The molecule has 0 bridgehead atoms. The number of rotatable bonds is 2. The summed E-state index contributed by atoms with van der Waals surface area (Å²) in [5, 5.41) is 0. The smallest absolute Gasteiger partial charge is 0.211 e. The van der Waals surface area contributed by atoms with Crippen molar-refractivity contribution in [3.8, 4) is 0 Å². The molecule has 16 heavy (non-hydrogen) atoms. The Balaban J connectivity index is 1.78. The highest BCUT2D eigenvalue weighted by atomic mass is 32.2. The molecule has 0 aromatic heterocycles. The molecule has 1 unspecified atom stereocenters. The van der Waals surface area contributed by atoms with E-state index in [1.54, 1.807) is 0 Å². The fourth-order valence-corrected chi connectivity index (χ4v) is 3.34. The van der Waals surface area contributed by atoms with E-state index in [4.69, 9.17) is 4.74 Å². The van der Waals surface area contributed by atoms with E-state index in [1.807, 2.05) is 0 Å². The summed E-state index contributed by atoms with van der Waals surface area (Å²) in [5.74, 6) is 0.245. The molecule has 0 aromatic carbocycles. The zero-order valence-corrected chi connectivity index (χ0v) is 10.3. The largest absolute Gasteiger partial charge is 0.377 e. The van der Waals surface area contributed by atoms with Gasteiger partial charge in [-0.3, -0.25) is 4.90 Å². The Bertz CT molecular complexity index is 296. The molecule has 1 N–H and O–H groups in total. The predicted octanol–water partition coefficient (Wildman–Crippen LogP) is -0.209. The van der Waals surface area contributed by atoms with E-state index in [0.717, 1.165) is 39.1 Å². The molecule has 1 atom stereocenters. The van der Waals surface area contributed by atoms with Gasteiger partial charge in [-0.1, -0.05) is 0 Å². The Hall–Kier alpha value is -0.170. The van der Waals surface area contributed by atoms with Crippen molar-refractivity contribution >= 4 is 10.0 Å². The van der Waals surface area contributed by atoms with E-state index in [1.165, 1.54) is 0 Å². The Kier molecular flexibility index (Phi) is 4.18. The molecule has 94 valence electrons. The third-order valence-electron chi connectivity index (χ3n) is 3.12. The van der Waals surface area contributed by atoms with Gasteiger partial charge in [-0.2, -0.15) is 0 Å². The van der Waals surface area contributed by atoms with Gasteiger partial charge in [0.1, 0.15) is 0 Å². The third kappa shape index (κ3) is 3.69. The highest BCUT2D eigenvalue weighted by molar-refractivity contribution is 7.89. The number of nitrogens with one attached hydrogen (secondary N) is 1. The lowest BCUT2D eigenvalue weighted by atomic mass is 10.2. The van der Waals surface area contributed by atoms with Gasteiger partial charge in [0.2, 0.25) is 10.0 Å². The van der Waals surface area contributed by atoms with Gasteiger partial charge in [0, 0.05) is 26.2 Å². The summed E-state index contributed by atoms with van der Waals surface area (Å²) in [7, 11) is -3.00. The van der Waals surface area contributed by atoms with Crippen LogP contribution >= 0.6 is 0 Å². The number of ether oxygens (including phenoxy) is 1. The average molecular weight is 248 g/mol. The summed E-state index contributed by atoms with van der Waals surface area (Å²) in [5.41, 5.74) is 0. The van der Waals surface area contributed by atoms with Crippen LogP contribution in [0.3, 0.4) is 0 Å². The molecule has 0 amide bonds. The third-order valence-corrected chi connectivity index (χ3v) is 4.59. The van der Waals surface area contributed by atoms with Gasteiger partial charge >= 0.3 is 0 Å². The lowest BCUT2D eigenvalue weighted by molar-refractivity contribution is 0.0735. The van der Waals surface area contributed by atoms with Crippen LogP contribution in [0.4, 0.5) is 0 Å². The summed E-state index contributed by atoms with van der Waals surface area (Å²) in [6.45, 7) is 4.00. The van der Waals surface area contributed by atoms with Gasteiger partial charge in [-0.25, -0.2) is 13.1 Å². The van der Waals surface area contributed by atoms with E-state index < -0.39 is 10.0 Å². The number of hydrogen-bond acceptors (Lipinski definition) is 4. The van der Waals surface area contributed by atoms with Gasteiger partial charge in [-0.15, -0.1) is 0 Å². The summed E-state index contributed by atoms with van der Waals surface area (Å²) in [4.78, 5) is 2.30. The van der Waals surface area contributed by atoms with Crippen molar-refractivity contribution in [1.82, 2.24) is 9.62 Å². The minimum atomic E-state index is -3.00. The van der Waals surface area contributed by atoms with Crippen LogP contribution in [-0.4, -0.2) is 58.0 Å². The maximum absolute atomic E-state index is 11.3. The number of nitrogens with zero attached hydrogens (tertiary/aromatic N) is 1. The van der Waals surface area contributed by atoms with Crippen molar-refractivity contribution in [2.24, 2.45) is 0 Å². The van der Waals surface area contributed by atoms with Gasteiger partial charge in [0.15, 0.2) is 0 Å². The normalized spacial score (nSPS) is 32.1. The van der Waals surface area contributed by atoms with E-state index in [2.05, 4.69) is 9.62 Å². The molecule has 5 nitrogen and oxygen atoms in total. The first kappa shape index (κ1) is 12.3. The molecule has 0 saturated carbocycles. The van der Waals surface area contributed by atoms with Crippen LogP contribution in [0.2, 0.25) is 0 Å². The topological polar surface area (TPSA) is 58.6 Å². The Morgan fingerprint density at radius 3 is 2.94 bits per heavy atom. The Labute approximate surface area is 97.2 Å². The van der Waals surface area contributed by atoms with Crippen LogP contribution in [0.25, 0.3) is 0 Å². The molecule has 2 aliphatic heterocycles. The van der Waals surface area contributed by atoms with Crippen molar-refractivity contribution in [3.05, 3.63) is 0 Å². The second-order valence-corrected chi connectivity index (χ2v) is 6.43. The lowest BCUT2D eigenvalue weighted by Gasteiger charge is -2.27. The number of hydrogen-bond donors (Lipinski definition) is 1. The number of sulfonamides is 1. The highest BCUT2D eigenvalue weighted by Crippen LogP contribution is 2.13. The quantitative estimate of drug-likeness (QED) is 0.734. The average Bonchev–Trinajstić information content (AvgIpc) is 2.67. The first-order valence-electron chi connectivity index (χ1n) is 5.97. The van der Waals surface area contributed by atoms with Gasteiger partial charge in [0.25, 0.3) is 0 Å². The van der Waals surface area contributed by atoms with E-state index in [-0.39, 0.29) is 5.75 Å². The van der Waals surface area contributed by atoms with Crippen molar-refractivity contribution in [2.45, 2.75) is 25.4 Å². The summed E-state index contributed by atoms with van der Waals surface area (Å²) >= 11 is 0. The minimum absolute atomic E-state index is 0.245. The molecule has 2 saturated heterocycles. The van der Waals surface area contributed by atoms with Crippen LogP contribution in [0.15, 0.2) is 0 Å². The van der Waals surface area contributed by atoms with Gasteiger partial charge in [0.05, 0.1) is 11.9 Å². The second kappa shape index (κ2) is 5.44. The Morgan fingerprint density at radius 2 is 2.19 bits per heavy atom. The predicted molar refractivity (Wildman–Crippen MR) is 61.8 cm³/mol. The molecule has 0 aromatic rings. The summed E-state index contributed by atoms with van der Waals surface area (Å²) < 4.78 is 30.8. The summed E-state index contributed by atoms with van der Waals surface area (Å²) in [6, 6.07) is 0. The van der Waals surface area contributed by atoms with Gasteiger partial charge < -0.3 is 4.74 Å². The van der Waals surface area contributed by atoms with Crippen LogP contribution in [0.5, 0.6) is 0 Å². The fraction of sp³-hybridized carbons (Fsp3) is 1.00. The molecular formula is C10H20N2O3S. The van der Waals surface area contributed by atoms with Crippen LogP contribution < -0.4 is 4.72 Å². The molecule has 0 spiro atoms. The molecule has 0 aliphatic carbocycles. The zero-order chi connectivity index (χ0) is 11.4. The van der Waals surface area contributed by atoms with Crippen molar-refractivity contribution in [2.75, 3.05) is 38.5 Å². The lowest BCUT2D eigenvalue weighted by Crippen LogP contribution is -2.43. The summed E-state index contributed by atoms with van der Waals surface area (Å²) in [6.07, 6.45) is 3.37. The molecule has 2 rings (SSSR count). The van der Waals surface area contributed by atoms with Crippen molar-refractivity contribution in [3.63, 3.8) is 0 Å². The maximum Gasteiger partial charge on any atom is 0.211 e. The van der Waals surface area contributed by atoms with Crippen molar-refractivity contribution < 1.29 is 13.2 Å². The van der Waals surface area contributed by atoms with Gasteiger partial charge in [-0.05, 0) is 25.8 Å². The highest BCUT2D eigenvalue weighted by Gasteiger charge is 2.21. The zero-order valence-electron chi connectivity index (χ0n) is 9.52. The Morgan fingerprint density at radius 1 is 1.31 bits per heavy atom. The molecule has 2 heterocycles. The first-order chi connectivity index (χ1) is 7.66. The monoisotopic (exact) mass is 248 g/mol. The standard InChI is InChI=1S/C10H20N2O3S/c13-16(14)8-2-5-12(6-4-11-16)9-10-3-1-7-15-10/h10-11H,1-9H2. The minimum Gasteiger partial charge on any atom is -0.377 e. The van der Waals surface area contributed by atoms with Crippen molar-refractivity contribution in [1.29, 1.82) is 0 Å². The molecular weight excluding hydrogens is 228 g/mol. The van der Waals surface area contributed by atoms with E-state index in [0.29, 0.717) is 19.1 Å². The SMILES string of the molecule is O=S1(=O)CCCN(CC2CCCO2)CCN1. The van der Waals surface area contributed by atoms with Crippen LogP contribution in [0, 0.1) is 0 Å². The first-order valence-corrected chi connectivity index (χ1v) is 7.62. The molecule has 6 heteroatoms.